The summed E-state index contributed by atoms with van der Waals surface area (Å²) in [6.45, 7) is 3.98. The fourth-order valence-electron chi connectivity index (χ4n) is 2.57. The number of carbonyl (C=O) groups excluding carboxylic acids is 1. The van der Waals surface area contributed by atoms with Gasteiger partial charge in [-0.1, -0.05) is 30.0 Å². The van der Waals surface area contributed by atoms with Gasteiger partial charge in [-0.3, -0.25) is 4.79 Å². The lowest BCUT2D eigenvalue weighted by atomic mass is 10.1. The molecule has 0 aromatic carbocycles. The first kappa shape index (κ1) is 18.5. The van der Waals surface area contributed by atoms with Gasteiger partial charge in [0.15, 0.2) is 14.2 Å². The minimum Gasteiger partial charge on any atom is -0.363 e. The fraction of sp³-hybridized carbons (Fsp3) is 0.769. The smallest absolute Gasteiger partial charge is 0.233 e. The van der Waals surface area contributed by atoms with Crippen molar-refractivity contribution >= 4 is 44.0 Å². The summed E-state index contributed by atoms with van der Waals surface area (Å²) in [5.41, 5.74) is 0. The number of hydrogen-bond acceptors (Lipinski definition) is 8. The topological polar surface area (TPSA) is 92.3 Å². The van der Waals surface area contributed by atoms with E-state index in [9.17, 15) is 13.2 Å². The Labute approximate surface area is 145 Å². The predicted molar refractivity (Wildman–Crippen MR) is 93.8 cm³/mol. The van der Waals surface area contributed by atoms with E-state index >= 15 is 0 Å². The summed E-state index contributed by atoms with van der Waals surface area (Å²) < 4.78 is 24.2. The van der Waals surface area contributed by atoms with Crippen LogP contribution in [0.1, 0.15) is 26.7 Å². The molecule has 0 radical (unpaired) electrons. The number of thioether (sulfide) groups is 1. The third-order valence-electron chi connectivity index (χ3n) is 3.89. The lowest BCUT2D eigenvalue weighted by molar-refractivity contribution is -0.132. The van der Waals surface area contributed by atoms with Crippen LogP contribution in [0.5, 0.6) is 0 Å². The molecule has 7 nitrogen and oxygen atoms in total. The average Bonchev–Trinajstić information content (AvgIpc) is 3.11. The summed E-state index contributed by atoms with van der Waals surface area (Å²) in [7, 11) is -1.24. The Balaban J connectivity index is 2.02. The van der Waals surface area contributed by atoms with Crippen molar-refractivity contribution in [3.8, 4) is 0 Å². The van der Waals surface area contributed by atoms with Crippen molar-refractivity contribution in [1.82, 2.24) is 15.1 Å². The molecule has 1 fully saturated rings. The Morgan fingerprint density at radius 1 is 1.52 bits per heavy atom. The zero-order chi connectivity index (χ0) is 17.0. The van der Waals surface area contributed by atoms with Crippen LogP contribution in [0.4, 0.5) is 5.13 Å². The molecular weight excluding hydrogens is 356 g/mol. The molecule has 130 valence electrons. The van der Waals surface area contributed by atoms with Gasteiger partial charge in [-0.25, -0.2) is 8.42 Å². The van der Waals surface area contributed by atoms with E-state index in [0.717, 1.165) is 10.8 Å². The molecule has 0 saturated carbocycles. The zero-order valence-corrected chi connectivity index (χ0v) is 15.9. The molecule has 1 N–H and O–H groups in total. The summed E-state index contributed by atoms with van der Waals surface area (Å²) in [5, 5.41) is 11.6. The summed E-state index contributed by atoms with van der Waals surface area (Å²) >= 11 is 2.74. The minimum atomic E-state index is -3.01. The summed E-state index contributed by atoms with van der Waals surface area (Å²) in [6.07, 6.45) is 1.33. The Bertz CT molecular complexity index is 647. The normalized spacial score (nSPS) is 21.1. The van der Waals surface area contributed by atoms with E-state index in [-0.39, 0.29) is 35.2 Å². The molecule has 1 saturated heterocycles. The first-order valence-electron chi connectivity index (χ1n) is 7.52. The maximum Gasteiger partial charge on any atom is 0.233 e. The van der Waals surface area contributed by atoms with Crippen LogP contribution in [0.15, 0.2) is 4.34 Å². The van der Waals surface area contributed by atoms with E-state index < -0.39 is 9.84 Å². The van der Waals surface area contributed by atoms with Gasteiger partial charge >= 0.3 is 0 Å². The molecule has 23 heavy (non-hydrogen) atoms. The molecule has 0 spiro atoms. The van der Waals surface area contributed by atoms with Gasteiger partial charge < -0.3 is 10.2 Å². The van der Waals surface area contributed by atoms with Gasteiger partial charge in [0.2, 0.25) is 11.0 Å². The van der Waals surface area contributed by atoms with E-state index in [0.29, 0.717) is 11.6 Å². The van der Waals surface area contributed by atoms with E-state index in [1.807, 2.05) is 13.8 Å². The minimum absolute atomic E-state index is 0.0312. The molecule has 1 aromatic heterocycles. The number of anilines is 1. The second kappa shape index (κ2) is 7.80. The van der Waals surface area contributed by atoms with Crippen LogP contribution in [-0.4, -0.2) is 65.8 Å². The van der Waals surface area contributed by atoms with Crippen molar-refractivity contribution < 1.29 is 13.2 Å². The summed E-state index contributed by atoms with van der Waals surface area (Å²) in [5.74, 6) is 0.468. The highest BCUT2D eigenvalue weighted by Gasteiger charge is 2.36. The summed E-state index contributed by atoms with van der Waals surface area (Å²) in [6, 6.07) is -0.172. The van der Waals surface area contributed by atoms with Crippen molar-refractivity contribution in [2.24, 2.45) is 0 Å². The first-order chi connectivity index (χ1) is 10.9. The van der Waals surface area contributed by atoms with E-state index in [4.69, 9.17) is 0 Å². The highest BCUT2D eigenvalue weighted by Crippen LogP contribution is 2.27. The molecule has 2 rings (SSSR count). The van der Waals surface area contributed by atoms with E-state index in [1.54, 1.807) is 11.9 Å². The molecule has 10 heteroatoms. The molecule has 0 unspecified atom stereocenters. The van der Waals surface area contributed by atoms with Crippen LogP contribution in [0, 0.1) is 0 Å². The van der Waals surface area contributed by atoms with Gasteiger partial charge in [-0.15, -0.1) is 10.2 Å². The quantitative estimate of drug-likeness (QED) is 0.719. The van der Waals surface area contributed by atoms with Crippen LogP contribution < -0.4 is 5.32 Å². The average molecular weight is 379 g/mol. The molecular formula is C13H22N4O3S3. The first-order valence-corrected chi connectivity index (χ1v) is 11.1. The summed E-state index contributed by atoms with van der Waals surface area (Å²) in [4.78, 5) is 14.4. The predicted octanol–water partition coefficient (Wildman–Crippen LogP) is 1.49. The van der Waals surface area contributed by atoms with Gasteiger partial charge in [0.25, 0.3) is 0 Å². The molecule has 1 aliphatic rings. The number of nitrogens with one attached hydrogen (secondary N) is 1. The largest absolute Gasteiger partial charge is 0.363 e. The van der Waals surface area contributed by atoms with Crippen molar-refractivity contribution in [2.45, 2.75) is 43.1 Å². The number of rotatable bonds is 7. The van der Waals surface area contributed by atoms with E-state index in [1.165, 1.54) is 23.1 Å². The molecule has 2 atom stereocenters. The van der Waals surface area contributed by atoms with Crippen LogP contribution in [0.25, 0.3) is 0 Å². The van der Waals surface area contributed by atoms with Gasteiger partial charge in [0.1, 0.15) is 0 Å². The number of sulfone groups is 1. The van der Waals surface area contributed by atoms with Crippen molar-refractivity contribution in [1.29, 1.82) is 0 Å². The highest BCUT2D eigenvalue weighted by atomic mass is 32.2. The number of hydrogen-bond donors (Lipinski definition) is 1. The fourth-order valence-corrected chi connectivity index (χ4v) is 5.85. The Kier molecular flexibility index (Phi) is 6.26. The van der Waals surface area contributed by atoms with Crippen molar-refractivity contribution in [2.75, 3.05) is 29.6 Å². The van der Waals surface area contributed by atoms with E-state index in [2.05, 4.69) is 15.5 Å². The molecule has 1 aromatic rings. The lowest BCUT2D eigenvalue weighted by Crippen LogP contribution is -2.47. The molecule has 2 heterocycles. The van der Waals surface area contributed by atoms with Crippen LogP contribution in [0.3, 0.4) is 0 Å². The Morgan fingerprint density at radius 2 is 2.26 bits per heavy atom. The molecule has 1 amide bonds. The Hall–Kier alpha value is -0.870. The third-order valence-corrected chi connectivity index (χ3v) is 7.70. The maximum absolute atomic E-state index is 12.6. The number of nitrogens with zero attached hydrogens (tertiary/aromatic N) is 3. The second-order valence-corrected chi connectivity index (χ2v) is 9.96. The van der Waals surface area contributed by atoms with Crippen LogP contribution >= 0.6 is 23.1 Å². The Morgan fingerprint density at radius 3 is 2.78 bits per heavy atom. The van der Waals surface area contributed by atoms with Crippen LogP contribution in [-0.2, 0) is 14.6 Å². The van der Waals surface area contributed by atoms with Gasteiger partial charge in [-0.05, 0) is 19.8 Å². The lowest BCUT2D eigenvalue weighted by Gasteiger charge is -2.33. The van der Waals surface area contributed by atoms with Gasteiger partial charge in [0, 0.05) is 19.1 Å². The molecule has 0 aliphatic carbocycles. The standard InChI is InChI=1S/C13H22N4O3S3/c1-4-9(2)17(10-5-6-23(19,20)8-10)11(18)7-21-13-16-15-12(14-3)22-13/h9-10H,4-8H2,1-3H3,(H,14,15)/t9-,10+/m1/s1. The monoisotopic (exact) mass is 378 g/mol. The molecule has 0 bridgehead atoms. The van der Waals surface area contributed by atoms with Gasteiger partial charge in [0.05, 0.1) is 17.3 Å². The molecule has 1 aliphatic heterocycles. The van der Waals surface area contributed by atoms with Crippen molar-refractivity contribution in [3.63, 3.8) is 0 Å². The second-order valence-electron chi connectivity index (χ2n) is 5.53. The van der Waals surface area contributed by atoms with Crippen LogP contribution in [0.2, 0.25) is 0 Å². The number of aromatic nitrogens is 2. The third kappa shape index (κ3) is 4.80. The van der Waals surface area contributed by atoms with Crippen molar-refractivity contribution in [3.05, 3.63) is 0 Å². The maximum atomic E-state index is 12.6. The number of amides is 1. The zero-order valence-electron chi connectivity index (χ0n) is 13.5. The SMILES string of the molecule is CC[C@@H](C)N(C(=O)CSc1nnc(NC)s1)[C@H]1CCS(=O)(=O)C1. The van der Waals surface area contributed by atoms with Gasteiger partial charge in [-0.2, -0.15) is 0 Å². The highest BCUT2D eigenvalue weighted by molar-refractivity contribution is 8.01. The number of carbonyl (C=O) groups is 1.